The van der Waals surface area contributed by atoms with Gasteiger partial charge in [-0.15, -0.1) is 0 Å². The predicted molar refractivity (Wildman–Crippen MR) is 112 cm³/mol. The van der Waals surface area contributed by atoms with Gasteiger partial charge in [0.25, 0.3) is 5.91 Å². The van der Waals surface area contributed by atoms with E-state index >= 15 is 0 Å². The Morgan fingerprint density at radius 3 is 1.88 bits per heavy atom. The number of urea groups is 1. The van der Waals surface area contributed by atoms with Crippen LogP contribution in [0.25, 0.3) is 0 Å². The average molecular weight is 479 g/mol. The van der Waals surface area contributed by atoms with E-state index < -0.39 is 41.1 Å². The number of nitrogens with zero attached hydrogens (tertiary/aromatic N) is 2. The van der Waals surface area contributed by atoms with E-state index in [1.54, 1.807) is 18.2 Å². The lowest BCUT2D eigenvalue weighted by atomic mass is 10.1. The number of rotatable bonds is 2. The van der Waals surface area contributed by atoms with E-state index in [0.29, 0.717) is 17.8 Å². The molecule has 0 radical (unpaired) electrons. The first kappa shape index (κ1) is 23.1. The van der Waals surface area contributed by atoms with Gasteiger partial charge in [0.15, 0.2) is 17.5 Å². The van der Waals surface area contributed by atoms with Crippen molar-refractivity contribution in [1.29, 1.82) is 0 Å². The summed E-state index contributed by atoms with van der Waals surface area (Å²) in [5.74, 6) is -5.17. The summed E-state index contributed by atoms with van der Waals surface area (Å²) in [6.45, 7) is -0.0300. The quantitative estimate of drug-likeness (QED) is 0.372. The summed E-state index contributed by atoms with van der Waals surface area (Å²) in [5, 5.41) is 2.29. The number of benzene rings is 3. The van der Waals surface area contributed by atoms with Crippen LogP contribution in [0.15, 0.2) is 60.7 Å². The van der Waals surface area contributed by atoms with Crippen molar-refractivity contribution in [2.75, 3.05) is 28.2 Å². The highest BCUT2D eigenvalue weighted by atomic mass is 19.4. The molecule has 0 saturated heterocycles. The van der Waals surface area contributed by atoms with Crippen LogP contribution < -0.4 is 15.1 Å². The molecule has 0 atom stereocenters. The summed E-state index contributed by atoms with van der Waals surface area (Å²) in [6.07, 6.45) is -4.54. The number of nitrogens with one attached hydrogen (secondary N) is 1. The third-order valence-corrected chi connectivity index (χ3v) is 5.20. The van der Waals surface area contributed by atoms with Gasteiger partial charge in [0.2, 0.25) is 0 Å². The molecule has 1 aliphatic rings. The number of hydrogen-bond donors (Lipinski definition) is 1. The zero-order valence-corrected chi connectivity index (χ0v) is 17.2. The van der Waals surface area contributed by atoms with Crippen LogP contribution in [0.3, 0.4) is 0 Å². The summed E-state index contributed by atoms with van der Waals surface area (Å²) in [6, 6.07) is 10.5. The molecule has 3 amide bonds. The van der Waals surface area contributed by atoms with Crippen LogP contribution in [0.5, 0.6) is 0 Å². The lowest BCUT2D eigenvalue weighted by Gasteiger charge is -2.36. The maximum atomic E-state index is 13.5. The van der Waals surface area contributed by atoms with Gasteiger partial charge >= 0.3 is 12.2 Å². The number of halogens is 6. The van der Waals surface area contributed by atoms with E-state index in [-0.39, 0.29) is 30.0 Å². The van der Waals surface area contributed by atoms with E-state index in [0.717, 1.165) is 24.3 Å². The number of fused-ring (bicyclic) bond motifs is 1. The van der Waals surface area contributed by atoms with Gasteiger partial charge in [-0.3, -0.25) is 9.69 Å². The monoisotopic (exact) mass is 479 g/mol. The molecule has 0 aliphatic carbocycles. The zero-order valence-electron chi connectivity index (χ0n) is 17.2. The molecule has 34 heavy (non-hydrogen) atoms. The molecule has 3 aromatic rings. The van der Waals surface area contributed by atoms with Crippen molar-refractivity contribution in [2.45, 2.75) is 6.18 Å². The maximum Gasteiger partial charge on any atom is 0.416 e. The van der Waals surface area contributed by atoms with Gasteiger partial charge in [-0.05, 0) is 36.4 Å². The van der Waals surface area contributed by atoms with Gasteiger partial charge < -0.3 is 10.2 Å². The fourth-order valence-corrected chi connectivity index (χ4v) is 3.56. The smallest absolute Gasteiger partial charge is 0.307 e. The summed E-state index contributed by atoms with van der Waals surface area (Å²) >= 11 is 0. The van der Waals surface area contributed by atoms with Crippen molar-refractivity contribution in [2.24, 2.45) is 0 Å². The molecule has 0 spiro atoms. The van der Waals surface area contributed by atoms with Crippen molar-refractivity contribution in [3.8, 4) is 0 Å². The third-order valence-electron chi connectivity index (χ3n) is 5.20. The van der Waals surface area contributed by atoms with Crippen LogP contribution >= 0.6 is 0 Å². The first-order valence-electron chi connectivity index (χ1n) is 9.87. The number of para-hydroxylation sites is 2. The largest absolute Gasteiger partial charge is 0.416 e. The molecule has 3 aromatic carbocycles. The van der Waals surface area contributed by atoms with Gasteiger partial charge in [0.1, 0.15) is 0 Å². The van der Waals surface area contributed by atoms with E-state index in [1.807, 2.05) is 0 Å². The first-order valence-corrected chi connectivity index (χ1v) is 9.87. The molecule has 1 heterocycles. The van der Waals surface area contributed by atoms with E-state index in [4.69, 9.17) is 0 Å². The Hall–Kier alpha value is -4.02. The Bertz CT molecular complexity index is 1240. The second-order valence-electron chi connectivity index (χ2n) is 7.36. The van der Waals surface area contributed by atoms with Crippen molar-refractivity contribution >= 4 is 29.0 Å². The van der Waals surface area contributed by atoms with E-state index in [2.05, 4.69) is 5.32 Å². The van der Waals surface area contributed by atoms with Crippen LogP contribution in [-0.2, 0) is 6.18 Å². The van der Waals surface area contributed by atoms with Crippen LogP contribution in [0.4, 0.5) is 48.2 Å². The first-order chi connectivity index (χ1) is 16.1. The third kappa shape index (κ3) is 4.41. The van der Waals surface area contributed by atoms with Crippen molar-refractivity contribution in [3.63, 3.8) is 0 Å². The van der Waals surface area contributed by atoms with Crippen molar-refractivity contribution in [3.05, 3.63) is 89.2 Å². The fraction of sp³-hybridized carbons (Fsp3) is 0.130. The maximum absolute atomic E-state index is 13.5. The van der Waals surface area contributed by atoms with Gasteiger partial charge in [0.05, 0.1) is 16.9 Å². The minimum absolute atomic E-state index is 0.00354. The molecule has 4 rings (SSSR count). The number of carbonyl (C=O) groups is 2. The molecule has 176 valence electrons. The highest BCUT2D eigenvalue weighted by Crippen LogP contribution is 2.35. The number of hydrogen-bond acceptors (Lipinski definition) is 2. The van der Waals surface area contributed by atoms with Gasteiger partial charge in [-0.2, -0.15) is 13.2 Å². The molecule has 0 unspecified atom stereocenters. The Labute approximate surface area is 189 Å². The van der Waals surface area contributed by atoms with Gasteiger partial charge in [0, 0.05) is 36.5 Å². The Balaban J connectivity index is 1.58. The topological polar surface area (TPSA) is 52.7 Å². The lowest BCUT2D eigenvalue weighted by molar-refractivity contribution is -0.137. The Kier molecular flexibility index (Phi) is 5.94. The second-order valence-corrected chi connectivity index (χ2v) is 7.36. The molecule has 1 N–H and O–H groups in total. The number of alkyl halides is 3. The SMILES string of the molecule is O=C(Nc1cc(F)c(F)c(F)c1)N1CCN(C(=O)c2ccc(C(F)(F)F)cc2)c2ccccc21. The highest BCUT2D eigenvalue weighted by molar-refractivity contribution is 6.12. The van der Waals surface area contributed by atoms with Crippen molar-refractivity contribution < 1.29 is 35.9 Å². The molecule has 0 aromatic heterocycles. The molecule has 0 fully saturated rings. The molecule has 0 saturated carbocycles. The molecular weight excluding hydrogens is 464 g/mol. The minimum atomic E-state index is -4.54. The standard InChI is InChI=1S/C23H15F6N3O2/c24-16-11-15(12-17(25)20(16)26)30-22(34)32-10-9-31(18-3-1-2-4-19(18)32)21(33)13-5-7-14(8-6-13)23(27,28)29/h1-8,11-12H,9-10H2,(H,30,34). The Morgan fingerprint density at radius 2 is 1.32 bits per heavy atom. The van der Waals surface area contributed by atoms with Gasteiger partial charge in [-0.1, -0.05) is 12.1 Å². The van der Waals surface area contributed by atoms with E-state index in [1.165, 1.54) is 15.9 Å². The summed E-state index contributed by atoms with van der Waals surface area (Å²) in [4.78, 5) is 28.3. The number of amides is 3. The van der Waals surface area contributed by atoms with E-state index in [9.17, 15) is 35.9 Å². The van der Waals surface area contributed by atoms with Crippen LogP contribution in [0.2, 0.25) is 0 Å². The Morgan fingerprint density at radius 1 is 0.794 bits per heavy atom. The number of anilines is 3. The predicted octanol–water partition coefficient (Wildman–Crippen LogP) is 5.82. The summed E-state index contributed by atoms with van der Waals surface area (Å²) in [5.41, 5.74) is -0.570. The molecule has 0 bridgehead atoms. The minimum Gasteiger partial charge on any atom is -0.307 e. The van der Waals surface area contributed by atoms with Crippen molar-refractivity contribution in [1.82, 2.24) is 0 Å². The molecular formula is C23H15F6N3O2. The normalized spacial score (nSPS) is 13.5. The van der Waals surface area contributed by atoms with Crippen LogP contribution in [0, 0.1) is 17.5 Å². The average Bonchev–Trinajstić information content (AvgIpc) is 2.80. The van der Waals surface area contributed by atoms with Crippen LogP contribution in [-0.4, -0.2) is 25.0 Å². The molecule has 5 nitrogen and oxygen atoms in total. The van der Waals surface area contributed by atoms with Crippen LogP contribution in [0.1, 0.15) is 15.9 Å². The lowest BCUT2D eigenvalue weighted by Crippen LogP contribution is -2.47. The second kappa shape index (κ2) is 8.73. The highest BCUT2D eigenvalue weighted by Gasteiger charge is 2.33. The molecule has 1 aliphatic heterocycles. The molecule has 11 heteroatoms. The summed E-state index contributed by atoms with van der Waals surface area (Å²) in [7, 11) is 0. The zero-order chi connectivity index (χ0) is 24.6. The van der Waals surface area contributed by atoms with Gasteiger partial charge in [-0.25, -0.2) is 18.0 Å². The number of carbonyl (C=O) groups excluding carboxylic acids is 2. The summed E-state index contributed by atoms with van der Waals surface area (Å²) < 4.78 is 78.6. The fourth-order valence-electron chi connectivity index (χ4n) is 3.56.